The molecule has 1 heterocycles. The van der Waals surface area contributed by atoms with Crippen molar-refractivity contribution in [3.8, 4) is 0 Å². The average Bonchev–Trinajstić information content (AvgIpc) is 3.44. The van der Waals surface area contributed by atoms with Crippen LogP contribution in [-0.4, -0.2) is 72.2 Å². The van der Waals surface area contributed by atoms with Gasteiger partial charge in [0.25, 0.3) is 5.91 Å². The van der Waals surface area contributed by atoms with Crippen LogP contribution in [0, 0.1) is 0 Å². The number of carbonyl (C=O) groups is 3. The molecule has 0 radical (unpaired) electrons. The number of aliphatic hydroxyl groups excluding tert-OH is 1. The van der Waals surface area contributed by atoms with Crippen LogP contribution in [0.2, 0.25) is 0 Å². The number of rotatable bonds is 13. The number of aliphatic hydroxyl groups is 1. The van der Waals surface area contributed by atoms with Crippen LogP contribution in [0.3, 0.4) is 0 Å². The van der Waals surface area contributed by atoms with Crippen LogP contribution in [0.1, 0.15) is 81.1 Å². The summed E-state index contributed by atoms with van der Waals surface area (Å²) in [6.45, 7) is 5.87. The minimum Gasteiger partial charge on any atom is -0.389 e. The van der Waals surface area contributed by atoms with Gasteiger partial charge in [0.1, 0.15) is 0 Å². The number of urea groups is 1. The SMILES string of the molecule is CCCNc1cc(C(=O)NC(Cc2ccccc2)C(O)CN(CC)C(=O)NC2CCCCC2)cc(N2CCCC2=O)c1. The quantitative estimate of drug-likeness (QED) is 0.276. The van der Waals surface area contributed by atoms with Crippen LogP contribution in [0.5, 0.6) is 0 Å². The lowest BCUT2D eigenvalue weighted by molar-refractivity contribution is -0.117. The zero-order chi connectivity index (χ0) is 29.9. The Hall–Kier alpha value is -3.59. The number of nitrogens with zero attached hydrogens (tertiary/aromatic N) is 2. The van der Waals surface area contributed by atoms with E-state index in [-0.39, 0.29) is 30.4 Å². The predicted molar refractivity (Wildman–Crippen MR) is 167 cm³/mol. The molecule has 9 heteroatoms. The largest absolute Gasteiger partial charge is 0.389 e. The highest BCUT2D eigenvalue weighted by Gasteiger charge is 2.28. The molecule has 2 unspecified atom stereocenters. The van der Waals surface area contributed by atoms with Crippen molar-refractivity contribution in [3.05, 3.63) is 59.7 Å². The molecule has 2 aromatic carbocycles. The van der Waals surface area contributed by atoms with Crippen molar-refractivity contribution in [2.45, 2.75) is 89.8 Å². The Balaban J connectivity index is 1.52. The molecule has 2 atom stereocenters. The van der Waals surface area contributed by atoms with Crippen molar-refractivity contribution in [1.82, 2.24) is 15.5 Å². The van der Waals surface area contributed by atoms with Crippen LogP contribution in [0.25, 0.3) is 0 Å². The number of likely N-dealkylation sites (N-methyl/N-ethyl adjacent to an activating group) is 1. The van der Waals surface area contributed by atoms with Crippen molar-refractivity contribution in [2.24, 2.45) is 0 Å². The number of anilines is 2. The fourth-order valence-corrected chi connectivity index (χ4v) is 5.82. The monoisotopic (exact) mass is 577 g/mol. The van der Waals surface area contributed by atoms with Crippen molar-refractivity contribution in [2.75, 3.05) is 36.4 Å². The van der Waals surface area contributed by atoms with E-state index < -0.39 is 12.1 Å². The summed E-state index contributed by atoms with van der Waals surface area (Å²) >= 11 is 0. The van der Waals surface area contributed by atoms with Gasteiger partial charge in [-0.15, -0.1) is 0 Å². The Morgan fingerprint density at radius 1 is 1.05 bits per heavy atom. The highest BCUT2D eigenvalue weighted by atomic mass is 16.3. The summed E-state index contributed by atoms with van der Waals surface area (Å²) in [5, 5.41) is 21.0. The van der Waals surface area contributed by atoms with E-state index >= 15 is 0 Å². The smallest absolute Gasteiger partial charge is 0.317 e. The fraction of sp³-hybridized carbons (Fsp3) is 0.545. The van der Waals surface area contributed by atoms with Gasteiger partial charge < -0.3 is 30.9 Å². The van der Waals surface area contributed by atoms with Crippen LogP contribution in [-0.2, 0) is 11.2 Å². The number of nitrogens with one attached hydrogen (secondary N) is 3. The van der Waals surface area contributed by atoms with E-state index in [0.29, 0.717) is 37.2 Å². The highest BCUT2D eigenvalue weighted by molar-refractivity contribution is 6.00. The van der Waals surface area contributed by atoms with Gasteiger partial charge in [0.15, 0.2) is 0 Å². The summed E-state index contributed by atoms with van der Waals surface area (Å²) in [5.41, 5.74) is 2.85. The molecule has 4 rings (SSSR count). The van der Waals surface area contributed by atoms with Crippen LogP contribution in [0.4, 0.5) is 16.2 Å². The normalized spacial score (nSPS) is 17.0. The van der Waals surface area contributed by atoms with Gasteiger partial charge in [-0.25, -0.2) is 4.79 Å². The van der Waals surface area contributed by atoms with Gasteiger partial charge in [0, 0.05) is 49.0 Å². The molecule has 0 spiro atoms. The molecule has 2 aromatic rings. The molecule has 2 aliphatic rings. The Kier molecular flexibility index (Phi) is 11.6. The Bertz CT molecular complexity index is 1180. The van der Waals surface area contributed by atoms with Crippen molar-refractivity contribution in [3.63, 3.8) is 0 Å². The Morgan fingerprint density at radius 3 is 2.48 bits per heavy atom. The van der Waals surface area contributed by atoms with Gasteiger partial charge in [-0.1, -0.05) is 56.5 Å². The number of amides is 4. The maximum Gasteiger partial charge on any atom is 0.317 e. The van der Waals surface area contributed by atoms with Gasteiger partial charge in [0.2, 0.25) is 5.91 Å². The van der Waals surface area contributed by atoms with E-state index in [1.54, 1.807) is 21.9 Å². The van der Waals surface area contributed by atoms with Crippen molar-refractivity contribution in [1.29, 1.82) is 0 Å². The molecular formula is C33H47N5O4. The van der Waals surface area contributed by atoms with Crippen molar-refractivity contribution >= 4 is 29.2 Å². The molecule has 1 aliphatic heterocycles. The molecule has 0 aromatic heterocycles. The number of hydrogen-bond donors (Lipinski definition) is 4. The topological polar surface area (TPSA) is 114 Å². The Labute approximate surface area is 250 Å². The molecule has 42 heavy (non-hydrogen) atoms. The Morgan fingerprint density at radius 2 is 1.81 bits per heavy atom. The first kappa shape index (κ1) is 31.3. The second kappa shape index (κ2) is 15.6. The van der Waals surface area contributed by atoms with E-state index in [1.165, 1.54) is 6.42 Å². The zero-order valence-corrected chi connectivity index (χ0v) is 25.1. The van der Waals surface area contributed by atoms with Crippen LogP contribution < -0.4 is 20.9 Å². The van der Waals surface area contributed by atoms with Crippen LogP contribution in [0.15, 0.2) is 48.5 Å². The first-order valence-electron chi connectivity index (χ1n) is 15.7. The molecule has 4 N–H and O–H groups in total. The molecule has 9 nitrogen and oxygen atoms in total. The summed E-state index contributed by atoms with van der Waals surface area (Å²) in [6.07, 6.45) is 7.03. The molecular weight excluding hydrogens is 530 g/mol. The number of hydrogen-bond acceptors (Lipinski definition) is 5. The van der Waals surface area contributed by atoms with Crippen molar-refractivity contribution < 1.29 is 19.5 Å². The van der Waals surface area contributed by atoms with E-state index in [1.807, 2.05) is 43.3 Å². The predicted octanol–water partition coefficient (Wildman–Crippen LogP) is 4.70. The second-order valence-electron chi connectivity index (χ2n) is 11.5. The van der Waals surface area contributed by atoms with E-state index in [0.717, 1.165) is 56.3 Å². The number of carbonyl (C=O) groups excluding carboxylic acids is 3. The standard InChI is InChI=1S/C33H47N5O4/c1-3-17-34-27-20-25(21-28(22-27)38-18-11-16-31(38)40)32(41)36-29(19-24-12-7-5-8-13-24)30(39)23-37(4-2)33(42)35-26-14-9-6-10-15-26/h5,7-8,12-13,20-22,26,29-30,34,39H,3-4,6,9-11,14-19,23H2,1-2H3,(H,35,42)(H,36,41). The summed E-state index contributed by atoms with van der Waals surface area (Å²) in [7, 11) is 0. The summed E-state index contributed by atoms with van der Waals surface area (Å²) in [4.78, 5) is 42.7. The first-order chi connectivity index (χ1) is 20.4. The number of benzene rings is 2. The lowest BCUT2D eigenvalue weighted by Gasteiger charge is -2.32. The third-order valence-electron chi connectivity index (χ3n) is 8.23. The van der Waals surface area contributed by atoms with E-state index in [4.69, 9.17) is 0 Å². The van der Waals surface area contributed by atoms with E-state index in [2.05, 4.69) is 22.9 Å². The zero-order valence-electron chi connectivity index (χ0n) is 25.1. The first-order valence-corrected chi connectivity index (χ1v) is 15.7. The van der Waals surface area contributed by atoms with Gasteiger partial charge in [-0.3, -0.25) is 9.59 Å². The minimum absolute atomic E-state index is 0.0533. The van der Waals surface area contributed by atoms with E-state index in [9.17, 15) is 19.5 Å². The van der Waals surface area contributed by atoms with Crippen LogP contribution >= 0.6 is 0 Å². The molecule has 4 amide bonds. The second-order valence-corrected chi connectivity index (χ2v) is 11.5. The average molecular weight is 578 g/mol. The lowest BCUT2D eigenvalue weighted by atomic mass is 9.96. The molecule has 1 saturated carbocycles. The van der Waals surface area contributed by atoms with Gasteiger partial charge >= 0.3 is 6.03 Å². The molecule has 1 saturated heterocycles. The third-order valence-corrected chi connectivity index (χ3v) is 8.23. The minimum atomic E-state index is -0.993. The van der Waals surface area contributed by atoms with Gasteiger partial charge in [0.05, 0.1) is 18.7 Å². The molecule has 0 bridgehead atoms. The summed E-state index contributed by atoms with van der Waals surface area (Å²) in [5.74, 6) is -0.282. The lowest BCUT2D eigenvalue weighted by Crippen LogP contribution is -2.53. The molecule has 1 aliphatic carbocycles. The maximum absolute atomic E-state index is 13.7. The highest BCUT2D eigenvalue weighted by Crippen LogP contribution is 2.27. The fourth-order valence-electron chi connectivity index (χ4n) is 5.82. The van der Waals surface area contributed by atoms with Gasteiger partial charge in [-0.2, -0.15) is 0 Å². The molecule has 228 valence electrons. The maximum atomic E-state index is 13.7. The third kappa shape index (κ3) is 8.71. The van der Waals surface area contributed by atoms with Gasteiger partial charge in [-0.05, 0) is 62.8 Å². The molecule has 2 fully saturated rings. The summed E-state index contributed by atoms with van der Waals surface area (Å²) < 4.78 is 0. The summed E-state index contributed by atoms with van der Waals surface area (Å²) in [6, 6.07) is 14.5.